The summed E-state index contributed by atoms with van der Waals surface area (Å²) in [5, 5.41) is 13.6. The Bertz CT molecular complexity index is 328. The van der Waals surface area contributed by atoms with Gasteiger partial charge in [-0.2, -0.15) is 0 Å². The molecule has 0 fully saturated rings. The summed E-state index contributed by atoms with van der Waals surface area (Å²) >= 11 is 1.61. The molecule has 0 saturated carbocycles. The average Bonchev–Trinajstić information content (AvgIpc) is 2.78. The van der Waals surface area contributed by atoms with E-state index in [1.807, 2.05) is 13.8 Å². The van der Waals surface area contributed by atoms with E-state index in [1.54, 1.807) is 25.6 Å². The van der Waals surface area contributed by atoms with Gasteiger partial charge in [0.1, 0.15) is 15.6 Å². The van der Waals surface area contributed by atoms with E-state index in [1.165, 1.54) is 0 Å². The summed E-state index contributed by atoms with van der Waals surface area (Å²) in [6.07, 6.45) is 0.890. The van der Waals surface area contributed by atoms with E-state index >= 15 is 0 Å². The van der Waals surface area contributed by atoms with Crippen LogP contribution in [0.3, 0.4) is 0 Å². The molecule has 0 radical (unpaired) electrons. The molecule has 1 heterocycles. The van der Waals surface area contributed by atoms with Crippen molar-refractivity contribution in [1.29, 1.82) is 0 Å². The van der Waals surface area contributed by atoms with Crippen LogP contribution in [0, 0.1) is 0 Å². The fraction of sp³-hybridized carbons (Fsp3) is 0.818. The summed E-state index contributed by atoms with van der Waals surface area (Å²) in [6, 6.07) is 0. The second-order valence-corrected chi connectivity index (χ2v) is 5.27. The van der Waals surface area contributed by atoms with Crippen molar-refractivity contribution in [2.45, 2.75) is 25.9 Å². The Labute approximate surface area is 107 Å². The molecule has 1 aromatic heterocycles. The Kier molecular flexibility index (Phi) is 5.97. The van der Waals surface area contributed by atoms with Crippen molar-refractivity contribution < 1.29 is 9.47 Å². The Morgan fingerprint density at radius 2 is 2.00 bits per heavy atom. The lowest BCUT2D eigenvalue weighted by Crippen LogP contribution is -2.21. The molecular weight excluding hydrogens is 238 g/mol. The molecule has 1 N–H and O–H groups in total. The fourth-order valence-corrected chi connectivity index (χ4v) is 2.10. The van der Waals surface area contributed by atoms with Crippen molar-refractivity contribution in [1.82, 2.24) is 15.5 Å². The van der Waals surface area contributed by atoms with E-state index < -0.39 is 0 Å². The molecule has 0 aliphatic rings. The molecule has 1 rings (SSSR count). The predicted molar refractivity (Wildman–Crippen MR) is 68.4 cm³/mol. The summed E-state index contributed by atoms with van der Waals surface area (Å²) in [5.74, 6) is 0. The standard InChI is InChI=1S/C11H21N3O2S/c1-11(2,16-4)10-14-13-9(17-10)5-6-12-7-8-15-3/h12H,5-8H2,1-4H3. The van der Waals surface area contributed by atoms with Gasteiger partial charge in [0.2, 0.25) is 0 Å². The maximum atomic E-state index is 5.37. The monoisotopic (exact) mass is 259 g/mol. The zero-order valence-corrected chi connectivity index (χ0v) is 11.8. The molecule has 1 aromatic rings. The van der Waals surface area contributed by atoms with Crippen LogP contribution in [-0.4, -0.2) is 44.1 Å². The van der Waals surface area contributed by atoms with Gasteiger partial charge in [-0.25, -0.2) is 0 Å². The van der Waals surface area contributed by atoms with Crippen LogP contribution in [-0.2, 0) is 21.5 Å². The van der Waals surface area contributed by atoms with Crippen LogP contribution in [0.25, 0.3) is 0 Å². The maximum Gasteiger partial charge on any atom is 0.148 e. The second kappa shape index (κ2) is 7.00. The van der Waals surface area contributed by atoms with Gasteiger partial charge in [0.25, 0.3) is 0 Å². The minimum absolute atomic E-state index is 0.348. The first-order valence-electron chi connectivity index (χ1n) is 5.68. The molecule has 0 spiro atoms. The predicted octanol–water partition coefficient (Wildman–Crippen LogP) is 1.20. The van der Waals surface area contributed by atoms with Crippen LogP contribution >= 0.6 is 11.3 Å². The topological polar surface area (TPSA) is 56.3 Å². The van der Waals surface area contributed by atoms with E-state index in [-0.39, 0.29) is 5.60 Å². The van der Waals surface area contributed by atoms with E-state index in [9.17, 15) is 0 Å². The number of hydrogen-bond donors (Lipinski definition) is 1. The first kappa shape index (κ1) is 14.5. The molecule has 0 atom stereocenters. The lowest BCUT2D eigenvalue weighted by atomic mass is 10.1. The van der Waals surface area contributed by atoms with Gasteiger partial charge in [0.15, 0.2) is 0 Å². The number of rotatable bonds is 8. The van der Waals surface area contributed by atoms with Crippen LogP contribution in [0.1, 0.15) is 23.9 Å². The number of hydrogen-bond acceptors (Lipinski definition) is 6. The minimum Gasteiger partial charge on any atom is -0.383 e. The number of ether oxygens (including phenoxy) is 2. The van der Waals surface area contributed by atoms with Crippen LogP contribution in [0.5, 0.6) is 0 Å². The molecule has 0 aliphatic heterocycles. The maximum absolute atomic E-state index is 5.37. The fourth-order valence-electron chi connectivity index (χ4n) is 1.18. The van der Waals surface area contributed by atoms with E-state index in [0.29, 0.717) is 0 Å². The van der Waals surface area contributed by atoms with E-state index in [2.05, 4.69) is 15.5 Å². The Hall–Kier alpha value is -0.560. The molecule has 0 saturated heterocycles. The van der Waals surface area contributed by atoms with Gasteiger partial charge in [-0.05, 0) is 13.8 Å². The summed E-state index contributed by atoms with van der Waals surface area (Å²) in [6.45, 7) is 6.48. The van der Waals surface area contributed by atoms with E-state index in [0.717, 1.165) is 36.1 Å². The van der Waals surface area contributed by atoms with Crippen molar-refractivity contribution >= 4 is 11.3 Å². The highest BCUT2D eigenvalue weighted by molar-refractivity contribution is 7.11. The highest BCUT2D eigenvalue weighted by atomic mass is 32.1. The van der Waals surface area contributed by atoms with Crippen molar-refractivity contribution in [2.24, 2.45) is 0 Å². The lowest BCUT2D eigenvalue weighted by Gasteiger charge is -2.18. The van der Waals surface area contributed by atoms with Crippen LogP contribution in [0.15, 0.2) is 0 Å². The van der Waals surface area contributed by atoms with Gasteiger partial charge < -0.3 is 14.8 Å². The summed E-state index contributed by atoms with van der Waals surface area (Å²) < 4.78 is 10.3. The first-order chi connectivity index (χ1) is 8.10. The minimum atomic E-state index is -0.348. The number of nitrogens with zero attached hydrogens (tertiary/aromatic N) is 2. The summed E-state index contributed by atoms with van der Waals surface area (Å²) in [4.78, 5) is 0. The lowest BCUT2D eigenvalue weighted by molar-refractivity contribution is 0.0185. The highest BCUT2D eigenvalue weighted by Gasteiger charge is 2.24. The van der Waals surface area contributed by atoms with Gasteiger partial charge in [0, 0.05) is 33.7 Å². The van der Waals surface area contributed by atoms with Gasteiger partial charge in [0.05, 0.1) is 6.61 Å². The molecule has 6 heteroatoms. The molecule has 17 heavy (non-hydrogen) atoms. The van der Waals surface area contributed by atoms with Crippen molar-refractivity contribution in [3.63, 3.8) is 0 Å². The van der Waals surface area contributed by atoms with Crippen LogP contribution in [0.2, 0.25) is 0 Å². The quantitative estimate of drug-likeness (QED) is 0.711. The number of nitrogens with one attached hydrogen (secondary N) is 1. The third kappa shape index (κ3) is 4.67. The molecule has 0 bridgehead atoms. The normalized spacial score (nSPS) is 12.0. The van der Waals surface area contributed by atoms with Gasteiger partial charge in [-0.1, -0.05) is 11.3 Å². The molecule has 0 amide bonds. The number of aromatic nitrogens is 2. The van der Waals surface area contributed by atoms with Crippen molar-refractivity contribution in [3.8, 4) is 0 Å². The zero-order valence-electron chi connectivity index (χ0n) is 10.9. The largest absolute Gasteiger partial charge is 0.383 e. The average molecular weight is 259 g/mol. The molecule has 98 valence electrons. The molecular formula is C11H21N3O2S. The molecule has 5 nitrogen and oxygen atoms in total. The second-order valence-electron chi connectivity index (χ2n) is 4.21. The Balaban J connectivity index is 2.36. The van der Waals surface area contributed by atoms with Crippen LogP contribution < -0.4 is 5.32 Å². The van der Waals surface area contributed by atoms with Gasteiger partial charge >= 0.3 is 0 Å². The first-order valence-corrected chi connectivity index (χ1v) is 6.49. The van der Waals surface area contributed by atoms with Crippen LogP contribution in [0.4, 0.5) is 0 Å². The van der Waals surface area contributed by atoms with Crippen molar-refractivity contribution in [3.05, 3.63) is 10.0 Å². The molecule has 0 aliphatic carbocycles. The van der Waals surface area contributed by atoms with Gasteiger partial charge in [-0.15, -0.1) is 10.2 Å². The summed E-state index contributed by atoms with van der Waals surface area (Å²) in [7, 11) is 3.39. The Morgan fingerprint density at radius 1 is 1.24 bits per heavy atom. The number of methoxy groups -OCH3 is 2. The zero-order chi connectivity index (χ0) is 12.7. The highest BCUT2D eigenvalue weighted by Crippen LogP contribution is 2.26. The van der Waals surface area contributed by atoms with Crippen molar-refractivity contribution in [2.75, 3.05) is 33.9 Å². The van der Waals surface area contributed by atoms with E-state index in [4.69, 9.17) is 9.47 Å². The Morgan fingerprint density at radius 3 is 2.65 bits per heavy atom. The third-order valence-corrected chi connectivity index (χ3v) is 3.78. The molecule has 0 unspecified atom stereocenters. The smallest absolute Gasteiger partial charge is 0.148 e. The molecule has 0 aromatic carbocycles. The van der Waals surface area contributed by atoms with Gasteiger partial charge in [-0.3, -0.25) is 0 Å². The summed E-state index contributed by atoms with van der Waals surface area (Å²) in [5.41, 5.74) is -0.348. The SMILES string of the molecule is COCCNCCc1nnc(C(C)(C)OC)s1. The third-order valence-electron chi connectivity index (χ3n) is 2.49.